The second-order valence-electron chi connectivity index (χ2n) is 6.30. The van der Waals surface area contributed by atoms with E-state index in [0.29, 0.717) is 19.0 Å². The lowest BCUT2D eigenvalue weighted by Gasteiger charge is -2.33. The summed E-state index contributed by atoms with van der Waals surface area (Å²) in [5.74, 6) is 0.263. The highest BCUT2D eigenvalue weighted by atomic mass is 16.3. The van der Waals surface area contributed by atoms with Crippen LogP contribution in [0.4, 0.5) is 4.79 Å². The van der Waals surface area contributed by atoms with E-state index in [1.165, 1.54) is 6.42 Å². The molecule has 0 bridgehead atoms. The molecule has 1 saturated carbocycles. The number of nitrogens with zero attached hydrogens (tertiary/aromatic N) is 1. The number of phenols is 1. The molecule has 5 nitrogen and oxygen atoms in total. The number of rotatable bonds is 5. The molecule has 122 valence electrons. The van der Waals surface area contributed by atoms with E-state index in [1.807, 2.05) is 12.1 Å². The summed E-state index contributed by atoms with van der Waals surface area (Å²) >= 11 is 0. The molecule has 0 aliphatic heterocycles. The van der Waals surface area contributed by atoms with Crippen molar-refractivity contribution < 1.29 is 9.90 Å². The van der Waals surface area contributed by atoms with Crippen LogP contribution < -0.4 is 10.6 Å². The summed E-state index contributed by atoms with van der Waals surface area (Å²) in [7, 11) is 4.20. The molecular weight excluding hydrogens is 278 g/mol. The predicted octanol–water partition coefficient (Wildman–Crippen LogP) is 2.11. The van der Waals surface area contributed by atoms with Gasteiger partial charge in [0.2, 0.25) is 0 Å². The molecule has 0 radical (unpaired) electrons. The van der Waals surface area contributed by atoms with E-state index in [4.69, 9.17) is 0 Å². The molecule has 2 amide bonds. The SMILES string of the molecule is CN(C)[C@@H]1CCC[C@@H](NC(=O)NCCc2cccc(O)c2)C1. The third kappa shape index (κ3) is 5.22. The Kier molecular flexibility index (Phi) is 6.07. The van der Waals surface area contributed by atoms with E-state index in [9.17, 15) is 9.90 Å². The van der Waals surface area contributed by atoms with Gasteiger partial charge in [-0.05, 0) is 63.9 Å². The Bertz CT molecular complexity index is 491. The summed E-state index contributed by atoms with van der Waals surface area (Å²) in [5.41, 5.74) is 1.02. The van der Waals surface area contributed by atoms with Crippen molar-refractivity contribution in [3.05, 3.63) is 29.8 Å². The first-order valence-electron chi connectivity index (χ1n) is 8.03. The zero-order chi connectivity index (χ0) is 15.9. The Hall–Kier alpha value is -1.75. The Morgan fingerprint density at radius 3 is 2.91 bits per heavy atom. The van der Waals surface area contributed by atoms with Crippen LogP contribution in [-0.4, -0.2) is 48.8 Å². The molecule has 1 aliphatic carbocycles. The second-order valence-corrected chi connectivity index (χ2v) is 6.30. The molecule has 2 rings (SSSR count). The molecule has 22 heavy (non-hydrogen) atoms. The maximum atomic E-state index is 12.0. The molecule has 0 spiro atoms. The minimum Gasteiger partial charge on any atom is -0.508 e. The van der Waals surface area contributed by atoms with E-state index in [-0.39, 0.29) is 17.8 Å². The van der Waals surface area contributed by atoms with E-state index >= 15 is 0 Å². The third-order valence-electron chi connectivity index (χ3n) is 4.32. The summed E-state index contributed by atoms with van der Waals surface area (Å²) in [6.07, 6.45) is 5.17. The van der Waals surface area contributed by atoms with Crippen molar-refractivity contribution in [2.75, 3.05) is 20.6 Å². The standard InChI is InChI=1S/C17H27N3O2/c1-20(2)15-7-4-6-14(12-15)19-17(22)18-10-9-13-5-3-8-16(21)11-13/h3,5,8,11,14-15,21H,4,6-7,9-10,12H2,1-2H3,(H2,18,19,22)/t14-,15-/m1/s1. The van der Waals surface area contributed by atoms with Crippen LogP contribution in [0.25, 0.3) is 0 Å². The number of nitrogens with one attached hydrogen (secondary N) is 2. The van der Waals surface area contributed by atoms with Crippen LogP contribution >= 0.6 is 0 Å². The van der Waals surface area contributed by atoms with Crippen molar-refractivity contribution in [3.63, 3.8) is 0 Å². The fourth-order valence-electron chi connectivity index (χ4n) is 3.03. The van der Waals surface area contributed by atoms with Gasteiger partial charge >= 0.3 is 6.03 Å². The van der Waals surface area contributed by atoms with Gasteiger partial charge in [-0.1, -0.05) is 12.1 Å². The van der Waals surface area contributed by atoms with Crippen LogP contribution in [0.2, 0.25) is 0 Å². The molecule has 3 N–H and O–H groups in total. The Morgan fingerprint density at radius 1 is 1.36 bits per heavy atom. The highest BCUT2D eigenvalue weighted by Gasteiger charge is 2.24. The largest absolute Gasteiger partial charge is 0.508 e. The zero-order valence-electron chi connectivity index (χ0n) is 13.5. The van der Waals surface area contributed by atoms with E-state index in [0.717, 1.165) is 24.8 Å². The maximum absolute atomic E-state index is 12.0. The quantitative estimate of drug-likeness (QED) is 0.780. The lowest BCUT2D eigenvalue weighted by Crippen LogP contribution is -2.47. The Balaban J connectivity index is 1.69. The van der Waals surface area contributed by atoms with E-state index < -0.39 is 0 Å². The Labute approximate surface area is 132 Å². The number of carbonyl (C=O) groups is 1. The van der Waals surface area contributed by atoms with Gasteiger partial charge < -0.3 is 20.6 Å². The molecule has 0 heterocycles. The fraction of sp³-hybridized carbons (Fsp3) is 0.588. The first-order valence-corrected chi connectivity index (χ1v) is 8.03. The molecule has 2 atom stereocenters. The third-order valence-corrected chi connectivity index (χ3v) is 4.32. The number of aromatic hydroxyl groups is 1. The number of hydrogen-bond acceptors (Lipinski definition) is 3. The average molecular weight is 305 g/mol. The molecule has 0 saturated heterocycles. The number of hydrogen-bond donors (Lipinski definition) is 3. The molecule has 0 unspecified atom stereocenters. The van der Waals surface area contributed by atoms with Crippen LogP contribution in [0, 0.1) is 0 Å². The monoisotopic (exact) mass is 305 g/mol. The van der Waals surface area contributed by atoms with Gasteiger partial charge in [0.25, 0.3) is 0 Å². The van der Waals surface area contributed by atoms with Crippen molar-refractivity contribution in [2.24, 2.45) is 0 Å². The van der Waals surface area contributed by atoms with Crippen molar-refractivity contribution in [3.8, 4) is 5.75 Å². The van der Waals surface area contributed by atoms with Gasteiger partial charge in [-0.15, -0.1) is 0 Å². The summed E-state index contributed by atoms with van der Waals surface area (Å²) < 4.78 is 0. The van der Waals surface area contributed by atoms with Crippen LogP contribution in [0.15, 0.2) is 24.3 Å². The summed E-state index contributed by atoms with van der Waals surface area (Å²) in [5, 5.41) is 15.4. The van der Waals surface area contributed by atoms with Crippen LogP contribution in [0.1, 0.15) is 31.2 Å². The Morgan fingerprint density at radius 2 is 2.18 bits per heavy atom. The van der Waals surface area contributed by atoms with E-state index in [1.54, 1.807) is 12.1 Å². The molecule has 1 aromatic carbocycles. The van der Waals surface area contributed by atoms with Crippen molar-refractivity contribution >= 4 is 6.03 Å². The smallest absolute Gasteiger partial charge is 0.315 e. The highest BCUT2D eigenvalue weighted by Crippen LogP contribution is 2.21. The summed E-state index contributed by atoms with van der Waals surface area (Å²) in [4.78, 5) is 14.2. The van der Waals surface area contributed by atoms with Gasteiger partial charge in [0.05, 0.1) is 0 Å². The maximum Gasteiger partial charge on any atom is 0.315 e. The second kappa shape index (κ2) is 8.03. The first kappa shape index (κ1) is 16.6. The molecule has 1 aliphatic rings. The van der Waals surface area contributed by atoms with Gasteiger partial charge in [-0.2, -0.15) is 0 Å². The van der Waals surface area contributed by atoms with Gasteiger partial charge in [0.1, 0.15) is 5.75 Å². The topological polar surface area (TPSA) is 64.6 Å². The van der Waals surface area contributed by atoms with Gasteiger partial charge in [0.15, 0.2) is 0 Å². The number of benzene rings is 1. The van der Waals surface area contributed by atoms with Crippen LogP contribution in [0.5, 0.6) is 5.75 Å². The lowest BCUT2D eigenvalue weighted by molar-refractivity contribution is 0.193. The van der Waals surface area contributed by atoms with Gasteiger partial charge in [-0.3, -0.25) is 0 Å². The molecule has 1 aromatic rings. The molecule has 5 heteroatoms. The summed E-state index contributed by atoms with van der Waals surface area (Å²) in [6.45, 7) is 0.569. The normalized spacial score (nSPS) is 21.6. The first-order chi connectivity index (χ1) is 10.5. The molecular formula is C17H27N3O2. The van der Waals surface area contributed by atoms with Crippen LogP contribution in [0.3, 0.4) is 0 Å². The summed E-state index contributed by atoms with van der Waals surface area (Å²) in [6, 6.07) is 7.87. The van der Waals surface area contributed by atoms with Crippen molar-refractivity contribution in [1.82, 2.24) is 15.5 Å². The van der Waals surface area contributed by atoms with Gasteiger partial charge in [-0.25, -0.2) is 4.79 Å². The van der Waals surface area contributed by atoms with Crippen LogP contribution in [-0.2, 0) is 6.42 Å². The van der Waals surface area contributed by atoms with E-state index in [2.05, 4.69) is 29.6 Å². The highest BCUT2D eigenvalue weighted by molar-refractivity contribution is 5.74. The number of phenolic OH excluding ortho intramolecular Hbond substituents is 1. The van der Waals surface area contributed by atoms with Crippen molar-refractivity contribution in [2.45, 2.75) is 44.2 Å². The average Bonchev–Trinajstić information content (AvgIpc) is 2.47. The predicted molar refractivity (Wildman–Crippen MR) is 88.1 cm³/mol. The number of amides is 2. The molecule has 0 aromatic heterocycles. The fourth-order valence-corrected chi connectivity index (χ4v) is 3.03. The number of carbonyl (C=O) groups excluding carboxylic acids is 1. The zero-order valence-corrected chi connectivity index (χ0v) is 13.5. The van der Waals surface area contributed by atoms with Crippen molar-refractivity contribution in [1.29, 1.82) is 0 Å². The minimum absolute atomic E-state index is 0.0930. The lowest BCUT2D eigenvalue weighted by atomic mass is 9.90. The molecule has 1 fully saturated rings. The van der Waals surface area contributed by atoms with Gasteiger partial charge in [0, 0.05) is 18.6 Å². The minimum atomic E-state index is -0.0930. The number of urea groups is 1.